The molecule has 0 amide bonds. The normalized spacial score (nSPS) is 15.1. The first-order valence-corrected chi connectivity index (χ1v) is 10.5. The van der Waals surface area contributed by atoms with Gasteiger partial charge < -0.3 is 25.5 Å². The van der Waals surface area contributed by atoms with Gasteiger partial charge in [0.15, 0.2) is 17.3 Å². The number of rotatable bonds is 9. The van der Waals surface area contributed by atoms with Gasteiger partial charge in [-0.25, -0.2) is 4.98 Å². The summed E-state index contributed by atoms with van der Waals surface area (Å²) in [5, 5.41) is 3.40. The molecule has 1 heterocycles. The van der Waals surface area contributed by atoms with E-state index in [0.29, 0.717) is 18.9 Å². The molecular weight excluding hydrogens is 366 g/mol. The number of nitrogens with one attached hydrogen (secondary N) is 2. The Morgan fingerprint density at radius 3 is 2.72 bits per heavy atom. The second-order valence-electron chi connectivity index (χ2n) is 7.72. The van der Waals surface area contributed by atoms with Gasteiger partial charge in [0.25, 0.3) is 0 Å². The van der Waals surface area contributed by atoms with Crippen molar-refractivity contribution in [1.82, 2.24) is 9.97 Å². The second-order valence-corrected chi connectivity index (χ2v) is 7.72. The van der Waals surface area contributed by atoms with Crippen LogP contribution in [0.15, 0.2) is 23.2 Å². The lowest BCUT2D eigenvalue weighted by Crippen LogP contribution is -2.17. The predicted molar refractivity (Wildman–Crippen MR) is 117 cm³/mol. The minimum atomic E-state index is 0.270. The van der Waals surface area contributed by atoms with Crippen molar-refractivity contribution in [1.29, 1.82) is 0 Å². The van der Waals surface area contributed by atoms with E-state index in [2.05, 4.69) is 34.1 Å². The highest BCUT2D eigenvalue weighted by atomic mass is 16.5. The number of anilines is 1. The summed E-state index contributed by atoms with van der Waals surface area (Å²) in [5.74, 6) is 3.91. The molecule has 7 heteroatoms. The molecule has 158 valence electrons. The highest BCUT2D eigenvalue weighted by molar-refractivity contribution is 6.00. The maximum Gasteiger partial charge on any atom is 0.161 e. The molecule has 1 aromatic carbocycles. The van der Waals surface area contributed by atoms with Crippen LogP contribution in [0.5, 0.6) is 11.5 Å². The van der Waals surface area contributed by atoms with Crippen LogP contribution in [0.1, 0.15) is 69.5 Å². The number of aliphatic imine (C=N–C) groups is 1. The highest BCUT2D eigenvalue weighted by Gasteiger charge is 2.19. The lowest BCUT2D eigenvalue weighted by molar-refractivity contribution is 0.200. The van der Waals surface area contributed by atoms with Crippen LogP contribution in [0, 0.1) is 0 Å². The van der Waals surface area contributed by atoms with Gasteiger partial charge in [0.1, 0.15) is 17.4 Å². The van der Waals surface area contributed by atoms with E-state index in [1.807, 2.05) is 25.1 Å². The number of methoxy groups -OCH3 is 1. The van der Waals surface area contributed by atoms with Crippen molar-refractivity contribution in [3.05, 3.63) is 35.3 Å². The van der Waals surface area contributed by atoms with Gasteiger partial charge >= 0.3 is 0 Å². The Morgan fingerprint density at radius 2 is 2.07 bits per heavy atom. The van der Waals surface area contributed by atoms with Crippen LogP contribution in [-0.2, 0) is 6.54 Å². The first-order chi connectivity index (χ1) is 14.0. The third kappa shape index (κ3) is 5.22. The van der Waals surface area contributed by atoms with Crippen molar-refractivity contribution < 1.29 is 9.47 Å². The summed E-state index contributed by atoms with van der Waals surface area (Å²) in [4.78, 5) is 12.3. The number of amidine groups is 1. The number of H-pyrrole nitrogens is 1. The molecule has 0 saturated heterocycles. The molecule has 1 aliphatic rings. The zero-order chi connectivity index (χ0) is 20.8. The average molecular weight is 400 g/mol. The molecule has 7 nitrogen and oxygen atoms in total. The lowest BCUT2D eigenvalue weighted by Gasteiger charge is -2.17. The molecule has 1 aliphatic carbocycles. The maximum atomic E-state index is 6.21. The molecule has 0 bridgehead atoms. The Hall–Kier alpha value is -2.70. The van der Waals surface area contributed by atoms with Gasteiger partial charge in [-0.3, -0.25) is 4.99 Å². The van der Waals surface area contributed by atoms with Crippen molar-refractivity contribution >= 4 is 11.7 Å². The molecule has 3 rings (SSSR count). The predicted octanol–water partition coefficient (Wildman–Crippen LogP) is 4.20. The first kappa shape index (κ1) is 21.0. The summed E-state index contributed by atoms with van der Waals surface area (Å²) in [7, 11) is 1.67. The smallest absolute Gasteiger partial charge is 0.161 e. The number of nitrogens with two attached hydrogens (primary N) is 1. The van der Waals surface area contributed by atoms with E-state index in [-0.39, 0.29) is 12.0 Å². The van der Waals surface area contributed by atoms with E-state index in [4.69, 9.17) is 15.2 Å². The van der Waals surface area contributed by atoms with Crippen molar-refractivity contribution in [2.45, 2.75) is 65.0 Å². The van der Waals surface area contributed by atoms with Crippen LogP contribution in [0.4, 0.5) is 5.82 Å². The summed E-state index contributed by atoms with van der Waals surface area (Å²) in [6.45, 7) is 7.37. The number of aromatic amines is 1. The van der Waals surface area contributed by atoms with Crippen molar-refractivity contribution in [3.8, 4) is 11.5 Å². The van der Waals surface area contributed by atoms with Crippen LogP contribution < -0.4 is 20.5 Å². The van der Waals surface area contributed by atoms with Crippen molar-refractivity contribution in [2.24, 2.45) is 10.7 Å². The largest absolute Gasteiger partial charge is 0.493 e. The highest BCUT2D eigenvalue weighted by Crippen LogP contribution is 2.32. The van der Waals surface area contributed by atoms with Crippen LogP contribution in [0.3, 0.4) is 0 Å². The van der Waals surface area contributed by atoms with E-state index in [0.717, 1.165) is 47.2 Å². The summed E-state index contributed by atoms with van der Waals surface area (Å²) in [6, 6.07) is 6.04. The van der Waals surface area contributed by atoms with Gasteiger partial charge in [-0.2, -0.15) is 0 Å². The minimum Gasteiger partial charge on any atom is -0.493 e. The third-order valence-electron chi connectivity index (χ3n) is 5.14. The van der Waals surface area contributed by atoms with Crippen LogP contribution in [0.25, 0.3) is 0 Å². The zero-order valence-corrected chi connectivity index (χ0v) is 17.9. The fourth-order valence-corrected chi connectivity index (χ4v) is 3.52. The molecule has 4 N–H and O–H groups in total. The number of ether oxygens (including phenoxy) is 2. The number of nitrogens with zero attached hydrogens (tertiary/aromatic N) is 2. The van der Waals surface area contributed by atoms with Crippen LogP contribution >= 0.6 is 0 Å². The van der Waals surface area contributed by atoms with E-state index < -0.39 is 0 Å². The number of aromatic nitrogens is 2. The second kappa shape index (κ2) is 9.67. The molecule has 0 unspecified atom stereocenters. The standard InChI is InChI=1S/C22H33N5O2/c1-5-24-20(23)19-22(27-21(26-19)14(2)3)25-13-15-10-11-17(28-4)18(12-15)29-16-8-6-7-9-16/h10-12,14,16,25H,5-9,13H2,1-4H3,(H2,23,24)(H,26,27). The van der Waals surface area contributed by atoms with E-state index in [9.17, 15) is 0 Å². The quantitative estimate of drug-likeness (QED) is 0.434. The topological polar surface area (TPSA) is 97.6 Å². The molecule has 0 radical (unpaired) electrons. The molecule has 2 aromatic rings. The molecule has 29 heavy (non-hydrogen) atoms. The zero-order valence-electron chi connectivity index (χ0n) is 17.9. The van der Waals surface area contributed by atoms with E-state index >= 15 is 0 Å². The summed E-state index contributed by atoms with van der Waals surface area (Å²) in [6.07, 6.45) is 4.96. The monoisotopic (exact) mass is 399 g/mol. The number of benzene rings is 1. The van der Waals surface area contributed by atoms with Gasteiger partial charge in [0, 0.05) is 19.0 Å². The maximum absolute atomic E-state index is 6.21. The lowest BCUT2D eigenvalue weighted by atomic mass is 10.2. The first-order valence-electron chi connectivity index (χ1n) is 10.5. The Bertz CT molecular complexity index is 838. The molecule has 1 saturated carbocycles. The molecular formula is C22H33N5O2. The van der Waals surface area contributed by atoms with Gasteiger partial charge in [-0.1, -0.05) is 19.9 Å². The Labute approximate surface area is 173 Å². The molecule has 1 aromatic heterocycles. The fourth-order valence-electron chi connectivity index (χ4n) is 3.52. The van der Waals surface area contributed by atoms with Gasteiger partial charge in [-0.05, 0) is 50.3 Å². The summed E-state index contributed by atoms with van der Waals surface area (Å²) < 4.78 is 11.7. The number of imidazole rings is 1. The fraction of sp³-hybridized carbons (Fsp3) is 0.545. The number of hydrogen-bond donors (Lipinski definition) is 3. The average Bonchev–Trinajstić information content (AvgIpc) is 3.36. The van der Waals surface area contributed by atoms with E-state index in [1.165, 1.54) is 12.8 Å². The molecule has 0 atom stereocenters. The summed E-state index contributed by atoms with van der Waals surface area (Å²) in [5.41, 5.74) is 7.97. The van der Waals surface area contributed by atoms with Crippen LogP contribution in [0.2, 0.25) is 0 Å². The SMILES string of the molecule is CCN=C(N)c1[nH]c(C(C)C)nc1NCc1ccc(OC)c(OC2CCCC2)c1. The van der Waals surface area contributed by atoms with Crippen molar-refractivity contribution in [2.75, 3.05) is 19.0 Å². The van der Waals surface area contributed by atoms with Crippen LogP contribution in [-0.4, -0.2) is 35.6 Å². The Balaban J connectivity index is 1.77. The van der Waals surface area contributed by atoms with E-state index in [1.54, 1.807) is 7.11 Å². The van der Waals surface area contributed by atoms with Crippen molar-refractivity contribution in [3.63, 3.8) is 0 Å². The Morgan fingerprint density at radius 1 is 1.31 bits per heavy atom. The summed E-state index contributed by atoms with van der Waals surface area (Å²) >= 11 is 0. The van der Waals surface area contributed by atoms with Gasteiger partial charge in [0.2, 0.25) is 0 Å². The minimum absolute atomic E-state index is 0.270. The van der Waals surface area contributed by atoms with Gasteiger partial charge in [-0.15, -0.1) is 0 Å². The Kier molecular flexibility index (Phi) is 7.01. The van der Waals surface area contributed by atoms with Gasteiger partial charge in [0.05, 0.1) is 13.2 Å². The molecule has 0 spiro atoms. The third-order valence-corrected chi connectivity index (χ3v) is 5.14. The molecule has 0 aliphatic heterocycles. The molecule has 1 fully saturated rings. The number of hydrogen-bond acceptors (Lipinski definition) is 5.